The molecule has 0 saturated heterocycles. The fourth-order valence-electron chi connectivity index (χ4n) is 1.29. The fourth-order valence-corrected chi connectivity index (χ4v) is 1.29. The smallest absolute Gasteiger partial charge is 0.251 e. The summed E-state index contributed by atoms with van der Waals surface area (Å²) < 4.78 is 0. The van der Waals surface area contributed by atoms with E-state index in [1.54, 1.807) is 39.0 Å². The van der Waals surface area contributed by atoms with Gasteiger partial charge >= 0.3 is 0 Å². The maximum atomic E-state index is 12.0. The molecule has 0 spiro atoms. The summed E-state index contributed by atoms with van der Waals surface area (Å²) in [5, 5.41) is 12.3. The molecular formula is C13H20N2O2. The Bertz CT molecular complexity index is 425. The minimum absolute atomic E-state index is 0.209. The molecule has 4 nitrogen and oxygen atoms in total. The second kappa shape index (κ2) is 4.75. The van der Waals surface area contributed by atoms with Crippen LogP contribution < -0.4 is 11.1 Å². The van der Waals surface area contributed by atoms with E-state index in [0.29, 0.717) is 11.3 Å². The lowest BCUT2D eigenvalue weighted by Gasteiger charge is -2.29. The van der Waals surface area contributed by atoms with Gasteiger partial charge in [0.2, 0.25) is 0 Å². The number of aliphatic hydroxyl groups is 1. The average Bonchev–Trinajstić information content (AvgIpc) is 2.21. The van der Waals surface area contributed by atoms with Crippen molar-refractivity contribution in [3.63, 3.8) is 0 Å². The molecule has 0 aliphatic heterocycles. The quantitative estimate of drug-likeness (QED) is 0.696. The van der Waals surface area contributed by atoms with Crippen molar-refractivity contribution in [2.24, 2.45) is 0 Å². The number of nitrogen functional groups attached to an aromatic ring is 1. The third-order valence-electron chi connectivity index (χ3n) is 3.01. The summed E-state index contributed by atoms with van der Waals surface area (Å²) in [6.45, 7) is 7.06. The minimum atomic E-state index is -0.660. The molecule has 0 saturated carbocycles. The Kier molecular flexibility index (Phi) is 3.78. The lowest BCUT2D eigenvalue weighted by molar-refractivity contribution is 0.0709. The average molecular weight is 236 g/mol. The number of anilines is 1. The molecule has 0 heterocycles. The van der Waals surface area contributed by atoms with E-state index in [-0.39, 0.29) is 5.91 Å². The number of carbonyl (C=O) groups is 1. The summed E-state index contributed by atoms with van der Waals surface area (Å²) in [7, 11) is 0. The Labute approximate surface area is 102 Å². The molecule has 1 rings (SSSR count). The molecule has 94 valence electrons. The molecule has 0 aliphatic rings. The van der Waals surface area contributed by atoms with Crippen LogP contribution in [0.25, 0.3) is 0 Å². The van der Waals surface area contributed by atoms with Gasteiger partial charge in [0.15, 0.2) is 0 Å². The van der Waals surface area contributed by atoms with Crippen LogP contribution in [0.3, 0.4) is 0 Å². The summed E-state index contributed by atoms with van der Waals surface area (Å²) in [5.41, 5.74) is 7.11. The summed E-state index contributed by atoms with van der Waals surface area (Å²) in [6.07, 6.45) is -0.624. The number of benzene rings is 1. The van der Waals surface area contributed by atoms with Crippen LogP contribution in [0.15, 0.2) is 18.2 Å². The van der Waals surface area contributed by atoms with Crippen molar-refractivity contribution >= 4 is 11.6 Å². The maximum absolute atomic E-state index is 12.0. The molecule has 0 aromatic heterocycles. The largest absolute Gasteiger partial charge is 0.399 e. The van der Waals surface area contributed by atoms with E-state index in [9.17, 15) is 9.90 Å². The first kappa shape index (κ1) is 13.5. The van der Waals surface area contributed by atoms with Gasteiger partial charge in [0.25, 0.3) is 5.91 Å². The van der Waals surface area contributed by atoms with Gasteiger partial charge < -0.3 is 16.2 Å². The molecule has 0 aliphatic carbocycles. The molecule has 1 atom stereocenters. The first-order valence-electron chi connectivity index (χ1n) is 5.61. The Balaban J connectivity index is 2.87. The maximum Gasteiger partial charge on any atom is 0.251 e. The molecule has 0 fully saturated rings. The number of nitrogens with two attached hydrogens (primary N) is 1. The monoisotopic (exact) mass is 236 g/mol. The predicted octanol–water partition coefficient (Wildman–Crippen LogP) is 1.47. The number of hydrogen-bond acceptors (Lipinski definition) is 3. The molecule has 0 radical (unpaired) electrons. The lowest BCUT2D eigenvalue weighted by atomic mass is 9.98. The second-order valence-electron chi connectivity index (χ2n) is 4.92. The molecule has 1 amide bonds. The van der Waals surface area contributed by atoms with Crippen molar-refractivity contribution in [3.8, 4) is 0 Å². The Morgan fingerprint density at radius 1 is 1.47 bits per heavy atom. The van der Waals surface area contributed by atoms with E-state index in [0.717, 1.165) is 5.56 Å². The van der Waals surface area contributed by atoms with Crippen molar-refractivity contribution in [3.05, 3.63) is 29.3 Å². The Morgan fingerprint density at radius 2 is 2.06 bits per heavy atom. The molecule has 4 N–H and O–H groups in total. The lowest BCUT2D eigenvalue weighted by Crippen LogP contribution is -2.50. The van der Waals surface area contributed by atoms with Gasteiger partial charge in [-0.1, -0.05) is 0 Å². The number of carbonyl (C=O) groups excluding carboxylic acids is 1. The summed E-state index contributed by atoms with van der Waals surface area (Å²) in [4.78, 5) is 12.0. The van der Waals surface area contributed by atoms with Crippen molar-refractivity contribution < 1.29 is 9.90 Å². The zero-order valence-corrected chi connectivity index (χ0v) is 10.7. The summed E-state index contributed by atoms with van der Waals surface area (Å²) in [5.74, 6) is -0.209. The predicted molar refractivity (Wildman–Crippen MR) is 68.8 cm³/mol. The van der Waals surface area contributed by atoms with E-state index in [1.165, 1.54) is 0 Å². The molecule has 1 unspecified atom stereocenters. The van der Waals surface area contributed by atoms with Gasteiger partial charge in [-0.25, -0.2) is 0 Å². The van der Waals surface area contributed by atoms with Crippen LogP contribution in [-0.4, -0.2) is 22.7 Å². The number of rotatable bonds is 3. The molecule has 0 bridgehead atoms. The van der Waals surface area contributed by atoms with Crippen LogP contribution in [0.1, 0.15) is 36.7 Å². The number of nitrogens with one attached hydrogen (secondary N) is 1. The van der Waals surface area contributed by atoms with Crippen molar-refractivity contribution in [1.82, 2.24) is 5.32 Å². The highest BCUT2D eigenvalue weighted by Gasteiger charge is 2.26. The van der Waals surface area contributed by atoms with Gasteiger partial charge in [-0.3, -0.25) is 4.79 Å². The third-order valence-corrected chi connectivity index (χ3v) is 3.01. The first-order valence-corrected chi connectivity index (χ1v) is 5.61. The van der Waals surface area contributed by atoms with E-state index < -0.39 is 11.6 Å². The number of aliphatic hydroxyl groups excluding tert-OH is 1. The SMILES string of the molecule is Cc1cc(C(=O)NC(C)(C)C(C)O)ccc1N. The van der Waals surface area contributed by atoms with Gasteiger partial charge in [0.05, 0.1) is 11.6 Å². The van der Waals surface area contributed by atoms with Crippen LogP contribution >= 0.6 is 0 Å². The van der Waals surface area contributed by atoms with Crippen molar-refractivity contribution in [2.75, 3.05) is 5.73 Å². The summed E-state index contributed by atoms with van der Waals surface area (Å²) >= 11 is 0. The topological polar surface area (TPSA) is 75.3 Å². The van der Waals surface area contributed by atoms with Crippen LogP contribution in [0.4, 0.5) is 5.69 Å². The van der Waals surface area contributed by atoms with Crippen LogP contribution in [0.2, 0.25) is 0 Å². The zero-order chi connectivity index (χ0) is 13.2. The fraction of sp³-hybridized carbons (Fsp3) is 0.462. The summed E-state index contributed by atoms with van der Waals surface area (Å²) in [6, 6.07) is 5.12. The van der Waals surface area contributed by atoms with Crippen LogP contribution in [0, 0.1) is 6.92 Å². The Hall–Kier alpha value is -1.55. The molecule has 1 aromatic rings. The zero-order valence-electron chi connectivity index (χ0n) is 10.7. The van der Waals surface area contributed by atoms with E-state index in [2.05, 4.69) is 5.32 Å². The van der Waals surface area contributed by atoms with E-state index >= 15 is 0 Å². The van der Waals surface area contributed by atoms with E-state index in [4.69, 9.17) is 5.73 Å². The van der Waals surface area contributed by atoms with Gasteiger partial charge in [-0.2, -0.15) is 0 Å². The number of amides is 1. The van der Waals surface area contributed by atoms with Gasteiger partial charge in [-0.15, -0.1) is 0 Å². The van der Waals surface area contributed by atoms with Crippen LogP contribution in [-0.2, 0) is 0 Å². The standard InChI is InChI=1S/C13H20N2O2/c1-8-7-10(5-6-11(8)14)12(17)15-13(3,4)9(2)16/h5-7,9,16H,14H2,1-4H3,(H,15,17). The molecule has 1 aromatic carbocycles. The van der Waals surface area contributed by atoms with Crippen molar-refractivity contribution in [2.45, 2.75) is 39.3 Å². The third kappa shape index (κ3) is 3.20. The highest BCUT2D eigenvalue weighted by Crippen LogP contribution is 2.15. The molecule has 4 heteroatoms. The molecular weight excluding hydrogens is 216 g/mol. The number of hydrogen-bond donors (Lipinski definition) is 3. The van der Waals surface area contributed by atoms with E-state index in [1.807, 2.05) is 6.92 Å². The highest BCUT2D eigenvalue weighted by molar-refractivity contribution is 5.95. The van der Waals surface area contributed by atoms with Gasteiger partial charge in [0.1, 0.15) is 0 Å². The molecule has 17 heavy (non-hydrogen) atoms. The highest BCUT2D eigenvalue weighted by atomic mass is 16.3. The van der Waals surface area contributed by atoms with Gasteiger partial charge in [-0.05, 0) is 51.5 Å². The second-order valence-corrected chi connectivity index (χ2v) is 4.92. The number of aryl methyl sites for hydroxylation is 1. The van der Waals surface area contributed by atoms with Gasteiger partial charge in [0, 0.05) is 11.3 Å². The van der Waals surface area contributed by atoms with Crippen LogP contribution in [0.5, 0.6) is 0 Å². The van der Waals surface area contributed by atoms with Crippen molar-refractivity contribution in [1.29, 1.82) is 0 Å². The first-order chi connectivity index (χ1) is 7.74. The minimum Gasteiger partial charge on any atom is -0.399 e. The Morgan fingerprint density at radius 3 is 2.53 bits per heavy atom. The normalized spacial score (nSPS) is 13.2.